The van der Waals surface area contributed by atoms with Gasteiger partial charge in [0.2, 0.25) is 5.95 Å². The number of rotatable bonds is 6. The minimum atomic E-state index is -1.65. The third-order valence-electron chi connectivity index (χ3n) is 4.79. The van der Waals surface area contributed by atoms with Crippen molar-refractivity contribution in [2.24, 2.45) is 10.9 Å². The Morgan fingerprint density at radius 1 is 1.15 bits per heavy atom. The molecule has 1 saturated carbocycles. The zero-order valence-electron chi connectivity index (χ0n) is 16.5. The Kier molecular flexibility index (Phi) is 5.82. The predicted octanol–water partition coefficient (Wildman–Crippen LogP) is 5.01. The minimum absolute atomic E-state index is 0.109. The summed E-state index contributed by atoms with van der Waals surface area (Å²) in [6.45, 7) is 6.63. The molecule has 1 aromatic heterocycles. The summed E-state index contributed by atoms with van der Waals surface area (Å²) in [4.78, 5) is 17.2. The molecular formula is C21H28FN5. The Labute approximate surface area is 160 Å². The molecule has 0 bridgehead atoms. The Morgan fingerprint density at radius 2 is 1.89 bits per heavy atom. The molecule has 1 aliphatic rings. The molecule has 6 heteroatoms. The fraction of sp³-hybridized carbons (Fsp3) is 0.524. The molecule has 0 spiro atoms. The summed E-state index contributed by atoms with van der Waals surface area (Å²) in [7, 11) is 0. The first kappa shape index (κ1) is 19.4. The lowest BCUT2D eigenvalue weighted by Gasteiger charge is -2.22. The molecule has 0 saturated heterocycles. The lowest BCUT2D eigenvalue weighted by Crippen LogP contribution is -2.27. The van der Waals surface area contributed by atoms with E-state index in [-0.39, 0.29) is 17.8 Å². The van der Waals surface area contributed by atoms with Crippen LogP contribution in [-0.2, 0) is 12.1 Å². The highest BCUT2D eigenvalue weighted by molar-refractivity contribution is 5.81. The molecule has 2 atom stereocenters. The van der Waals surface area contributed by atoms with E-state index in [2.05, 4.69) is 49.5 Å². The number of hydrogen-bond donors (Lipinski definition) is 1. The Bertz CT molecular complexity index is 794. The fourth-order valence-electron chi connectivity index (χ4n) is 3.50. The van der Waals surface area contributed by atoms with Crippen molar-refractivity contribution in [2.75, 3.05) is 5.32 Å². The molecule has 1 aliphatic carbocycles. The summed E-state index contributed by atoms with van der Waals surface area (Å²) in [5.41, 5.74) is 0.506. The summed E-state index contributed by atoms with van der Waals surface area (Å²) in [6.07, 6.45) is 4.41. The number of nitrogens with zero attached hydrogens (tertiary/aromatic N) is 4. The van der Waals surface area contributed by atoms with Crippen LogP contribution in [0.4, 0.5) is 16.3 Å². The molecule has 1 fully saturated rings. The Hall–Kier alpha value is -2.37. The van der Waals surface area contributed by atoms with Crippen LogP contribution in [-0.4, -0.2) is 26.7 Å². The van der Waals surface area contributed by atoms with Crippen LogP contribution >= 0.6 is 0 Å². The number of halogens is 1. The van der Waals surface area contributed by atoms with Crippen molar-refractivity contribution in [2.45, 2.75) is 65.1 Å². The van der Waals surface area contributed by atoms with Crippen LogP contribution in [0, 0.1) is 5.92 Å². The van der Waals surface area contributed by atoms with Gasteiger partial charge in [-0.15, -0.1) is 0 Å². The van der Waals surface area contributed by atoms with Crippen LogP contribution < -0.4 is 5.32 Å². The molecule has 27 heavy (non-hydrogen) atoms. The SMILES string of the molecule is CC(C)=Nc1nc(NC2CCCC2Cc2ccccc2)nc(C(C)(C)F)n1. The molecule has 144 valence electrons. The van der Waals surface area contributed by atoms with Gasteiger partial charge in [0, 0.05) is 11.8 Å². The number of nitrogens with one attached hydrogen (secondary N) is 1. The molecular weight excluding hydrogens is 341 g/mol. The van der Waals surface area contributed by atoms with E-state index in [1.54, 1.807) is 0 Å². The number of aromatic nitrogens is 3. The molecule has 1 heterocycles. The van der Waals surface area contributed by atoms with Crippen molar-refractivity contribution >= 4 is 17.6 Å². The maximum atomic E-state index is 14.5. The highest BCUT2D eigenvalue weighted by Crippen LogP contribution is 2.31. The van der Waals surface area contributed by atoms with E-state index in [1.807, 2.05) is 19.9 Å². The van der Waals surface area contributed by atoms with Gasteiger partial charge in [0.15, 0.2) is 11.5 Å². The van der Waals surface area contributed by atoms with Gasteiger partial charge in [0.05, 0.1) is 0 Å². The van der Waals surface area contributed by atoms with E-state index in [9.17, 15) is 4.39 Å². The van der Waals surface area contributed by atoms with E-state index < -0.39 is 5.67 Å². The molecule has 3 rings (SSSR count). The minimum Gasteiger partial charge on any atom is -0.351 e. The van der Waals surface area contributed by atoms with E-state index in [0.717, 1.165) is 25.0 Å². The summed E-state index contributed by atoms with van der Waals surface area (Å²) in [5, 5.41) is 3.44. The zero-order valence-corrected chi connectivity index (χ0v) is 16.5. The first-order chi connectivity index (χ1) is 12.8. The molecule has 2 aromatic rings. The van der Waals surface area contributed by atoms with Gasteiger partial charge >= 0.3 is 0 Å². The van der Waals surface area contributed by atoms with Gasteiger partial charge in [-0.25, -0.2) is 9.38 Å². The average Bonchev–Trinajstić information content (AvgIpc) is 3.01. The number of aliphatic imine (C=N–C) groups is 1. The van der Waals surface area contributed by atoms with Crippen LogP contribution in [0.1, 0.15) is 58.3 Å². The van der Waals surface area contributed by atoms with Gasteiger partial charge in [-0.3, -0.25) is 0 Å². The predicted molar refractivity (Wildman–Crippen MR) is 107 cm³/mol. The van der Waals surface area contributed by atoms with Crippen LogP contribution in [0.25, 0.3) is 0 Å². The van der Waals surface area contributed by atoms with Gasteiger partial charge in [0.25, 0.3) is 5.95 Å². The van der Waals surface area contributed by atoms with Gasteiger partial charge in [-0.05, 0) is 58.4 Å². The maximum Gasteiger partial charge on any atom is 0.254 e. The largest absolute Gasteiger partial charge is 0.351 e. The van der Waals surface area contributed by atoms with E-state index in [4.69, 9.17) is 0 Å². The first-order valence-corrected chi connectivity index (χ1v) is 9.59. The monoisotopic (exact) mass is 369 g/mol. The molecule has 0 radical (unpaired) electrons. The summed E-state index contributed by atoms with van der Waals surface area (Å²) in [5.74, 6) is 1.28. The fourth-order valence-corrected chi connectivity index (χ4v) is 3.50. The van der Waals surface area contributed by atoms with Crippen molar-refractivity contribution in [3.05, 3.63) is 41.7 Å². The van der Waals surface area contributed by atoms with Crippen LogP contribution in [0.2, 0.25) is 0 Å². The quantitative estimate of drug-likeness (QED) is 0.727. The second-order valence-corrected chi connectivity index (χ2v) is 7.95. The van der Waals surface area contributed by atoms with Gasteiger partial charge < -0.3 is 5.32 Å². The van der Waals surface area contributed by atoms with E-state index in [1.165, 1.54) is 25.8 Å². The van der Waals surface area contributed by atoms with Crippen molar-refractivity contribution in [1.82, 2.24) is 15.0 Å². The highest BCUT2D eigenvalue weighted by Gasteiger charge is 2.29. The summed E-state index contributed by atoms with van der Waals surface area (Å²) >= 11 is 0. The number of alkyl halides is 1. The van der Waals surface area contributed by atoms with Crippen molar-refractivity contribution in [3.8, 4) is 0 Å². The lowest BCUT2D eigenvalue weighted by atomic mass is 9.95. The maximum absolute atomic E-state index is 14.5. The average molecular weight is 369 g/mol. The summed E-state index contributed by atoms with van der Waals surface area (Å²) in [6, 6.07) is 10.8. The smallest absolute Gasteiger partial charge is 0.254 e. The number of hydrogen-bond acceptors (Lipinski definition) is 5. The van der Waals surface area contributed by atoms with Crippen molar-refractivity contribution < 1.29 is 4.39 Å². The first-order valence-electron chi connectivity index (χ1n) is 9.59. The zero-order chi connectivity index (χ0) is 19.4. The third-order valence-corrected chi connectivity index (χ3v) is 4.79. The number of anilines is 1. The topological polar surface area (TPSA) is 63.1 Å². The number of benzene rings is 1. The molecule has 5 nitrogen and oxygen atoms in total. The van der Waals surface area contributed by atoms with E-state index >= 15 is 0 Å². The molecule has 0 aliphatic heterocycles. The normalized spacial score (nSPS) is 19.7. The molecule has 1 N–H and O–H groups in total. The summed E-state index contributed by atoms with van der Waals surface area (Å²) < 4.78 is 14.5. The van der Waals surface area contributed by atoms with Crippen molar-refractivity contribution in [3.63, 3.8) is 0 Å². The van der Waals surface area contributed by atoms with Crippen molar-refractivity contribution in [1.29, 1.82) is 0 Å². The molecule has 2 unspecified atom stereocenters. The highest BCUT2D eigenvalue weighted by atomic mass is 19.1. The standard InChI is InChI=1S/C21H28FN5/c1-14(2)23-19-25-18(21(3,4)22)26-20(27-19)24-17-12-8-11-16(17)13-15-9-6-5-7-10-15/h5-7,9-10,16-17H,8,11-13H2,1-4H3,(H,24,25,26,27). The van der Waals surface area contributed by atoms with Crippen LogP contribution in [0.5, 0.6) is 0 Å². The Balaban J connectivity index is 1.82. The second kappa shape index (κ2) is 8.11. The van der Waals surface area contributed by atoms with Gasteiger partial charge in [-0.1, -0.05) is 36.8 Å². The van der Waals surface area contributed by atoms with Crippen LogP contribution in [0.3, 0.4) is 0 Å². The Morgan fingerprint density at radius 3 is 2.56 bits per heavy atom. The second-order valence-electron chi connectivity index (χ2n) is 7.95. The van der Waals surface area contributed by atoms with Gasteiger partial charge in [-0.2, -0.15) is 15.0 Å². The van der Waals surface area contributed by atoms with Crippen LogP contribution in [0.15, 0.2) is 35.3 Å². The van der Waals surface area contributed by atoms with Gasteiger partial charge in [0.1, 0.15) is 0 Å². The lowest BCUT2D eigenvalue weighted by molar-refractivity contribution is 0.206. The van der Waals surface area contributed by atoms with E-state index in [0.29, 0.717) is 11.9 Å². The molecule has 0 amide bonds. The third kappa shape index (κ3) is 5.31. The molecule has 1 aromatic carbocycles.